The summed E-state index contributed by atoms with van der Waals surface area (Å²) in [5.41, 5.74) is -7.14. The van der Waals surface area contributed by atoms with E-state index in [0.717, 1.165) is 4.90 Å². The minimum atomic E-state index is -5.07. The van der Waals surface area contributed by atoms with Crippen molar-refractivity contribution in [3.8, 4) is 0 Å². The Hall–Kier alpha value is -2.66. The molecule has 0 atom stereocenters. The molecule has 33 heavy (non-hydrogen) atoms. The number of ether oxygens (including phenoxy) is 2. The Labute approximate surface area is 187 Å². The Morgan fingerprint density at radius 2 is 1.24 bits per heavy atom. The predicted molar refractivity (Wildman–Crippen MR) is 105 cm³/mol. The summed E-state index contributed by atoms with van der Waals surface area (Å²) >= 11 is 0. The van der Waals surface area contributed by atoms with Crippen molar-refractivity contribution in [2.24, 2.45) is 0 Å². The average Bonchev–Trinajstić information content (AvgIpc) is 2.52. The molecule has 0 unspecified atom stereocenters. The van der Waals surface area contributed by atoms with E-state index in [0.29, 0.717) is 12.1 Å². The summed E-state index contributed by atoms with van der Waals surface area (Å²) < 4.78 is 90.5. The average molecular weight is 484 g/mol. The van der Waals surface area contributed by atoms with Crippen LogP contribution in [0, 0.1) is 0 Å². The van der Waals surface area contributed by atoms with Gasteiger partial charge < -0.3 is 19.7 Å². The molecule has 0 bridgehead atoms. The zero-order valence-corrected chi connectivity index (χ0v) is 19.0. The molecule has 2 amide bonds. The topological polar surface area (TPSA) is 67.9 Å². The van der Waals surface area contributed by atoms with Crippen LogP contribution in [0.25, 0.3) is 0 Å². The number of nitrogens with one attached hydrogen (secondary N) is 1. The van der Waals surface area contributed by atoms with Gasteiger partial charge in [0.05, 0.1) is 24.2 Å². The molecular formula is C21H26F6N2O4. The maximum Gasteiger partial charge on any atom is 0.416 e. The fourth-order valence-electron chi connectivity index (χ4n) is 3.12. The van der Waals surface area contributed by atoms with Crippen LogP contribution in [0.3, 0.4) is 0 Å². The number of hydrogen-bond donors (Lipinski definition) is 1. The van der Waals surface area contributed by atoms with E-state index in [4.69, 9.17) is 9.47 Å². The molecule has 0 aromatic heterocycles. The first-order chi connectivity index (χ1) is 14.6. The van der Waals surface area contributed by atoms with Crippen molar-refractivity contribution in [1.82, 2.24) is 10.2 Å². The highest BCUT2D eigenvalue weighted by molar-refractivity contribution is 5.73. The van der Waals surface area contributed by atoms with Crippen LogP contribution in [-0.2, 0) is 27.4 Å². The molecule has 6 nitrogen and oxygen atoms in total. The summed E-state index contributed by atoms with van der Waals surface area (Å²) in [4.78, 5) is 25.8. The summed E-state index contributed by atoms with van der Waals surface area (Å²) in [6.07, 6.45) is -12.0. The first-order valence-corrected chi connectivity index (χ1v) is 9.90. The third-order valence-electron chi connectivity index (χ3n) is 4.45. The van der Waals surface area contributed by atoms with E-state index in [1.54, 1.807) is 41.5 Å². The van der Waals surface area contributed by atoms with Crippen LogP contribution >= 0.6 is 0 Å². The van der Waals surface area contributed by atoms with Crippen molar-refractivity contribution in [1.29, 1.82) is 0 Å². The molecule has 186 valence electrons. The Bertz CT molecular complexity index is 875. The van der Waals surface area contributed by atoms with Gasteiger partial charge in [0.15, 0.2) is 0 Å². The molecule has 2 rings (SSSR count). The molecule has 1 aromatic carbocycles. The van der Waals surface area contributed by atoms with Gasteiger partial charge in [-0.25, -0.2) is 9.59 Å². The number of alkyl halides is 6. The normalized spacial score (nSPS) is 16.7. The van der Waals surface area contributed by atoms with E-state index >= 15 is 0 Å². The molecule has 1 fully saturated rings. The van der Waals surface area contributed by atoms with Crippen molar-refractivity contribution < 1.29 is 45.4 Å². The number of carbonyl (C=O) groups is 2. The number of alkyl carbamates (subject to hydrolysis) is 1. The summed E-state index contributed by atoms with van der Waals surface area (Å²) in [5, 5.41) is 2.36. The largest absolute Gasteiger partial charge is 0.444 e. The summed E-state index contributed by atoms with van der Waals surface area (Å²) in [7, 11) is 0. The second-order valence-corrected chi connectivity index (χ2v) is 9.84. The molecule has 0 aliphatic carbocycles. The standard InChI is InChI=1S/C21H26F6N2O4/c1-17(2,3)32-15(30)28-19(10-29(11-19)16(31)33-18(4,5)6)12-7-13(20(22,23)24)9-14(8-12)21(25,26)27/h7-9H,10-11H2,1-6H3,(H,28,30). The molecule has 1 aliphatic rings. The molecule has 0 saturated carbocycles. The third kappa shape index (κ3) is 6.91. The molecular weight excluding hydrogens is 458 g/mol. The summed E-state index contributed by atoms with van der Waals surface area (Å²) in [6.45, 7) is 8.58. The van der Waals surface area contributed by atoms with Crippen LogP contribution in [0.4, 0.5) is 35.9 Å². The fraction of sp³-hybridized carbons (Fsp3) is 0.619. The number of carbonyl (C=O) groups excluding carboxylic acids is 2. The number of halogens is 6. The van der Waals surface area contributed by atoms with Gasteiger partial charge in [-0.1, -0.05) is 0 Å². The van der Waals surface area contributed by atoms with Gasteiger partial charge in [-0.2, -0.15) is 26.3 Å². The fourth-order valence-corrected chi connectivity index (χ4v) is 3.12. The van der Waals surface area contributed by atoms with Gasteiger partial charge in [-0.15, -0.1) is 0 Å². The quantitative estimate of drug-likeness (QED) is 0.548. The van der Waals surface area contributed by atoms with E-state index in [1.165, 1.54) is 0 Å². The van der Waals surface area contributed by atoms with Crippen LogP contribution in [0.1, 0.15) is 58.2 Å². The van der Waals surface area contributed by atoms with Crippen LogP contribution in [0.2, 0.25) is 0 Å². The molecule has 0 spiro atoms. The maximum atomic E-state index is 13.4. The van der Waals surface area contributed by atoms with Crippen LogP contribution in [-0.4, -0.2) is 41.4 Å². The van der Waals surface area contributed by atoms with E-state index in [1.807, 2.05) is 0 Å². The van der Waals surface area contributed by atoms with Gasteiger partial charge in [0.25, 0.3) is 0 Å². The Morgan fingerprint density at radius 1 is 0.818 bits per heavy atom. The first-order valence-electron chi connectivity index (χ1n) is 9.90. The van der Waals surface area contributed by atoms with Crippen molar-refractivity contribution in [3.63, 3.8) is 0 Å². The third-order valence-corrected chi connectivity index (χ3v) is 4.45. The van der Waals surface area contributed by atoms with Crippen LogP contribution in [0.15, 0.2) is 18.2 Å². The number of amides is 2. The highest BCUT2D eigenvalue weighted by atomic mass is 19.4. The molecule has 1 N–H and O–H groups in total. The highest BCUT2D eigenvalue weighted by Gasteiger charge is 2.51. The molecule has 1 aromatic rings. The minimum Gasteiger partial charge on any atom is -0.444 e. The monoisotopic (exact) mass is 484 g/mol. The Kier molecular flexibility index (Phi) is 6.67. The zero-order valence-electron chi connectivity index (χ0n) is 19.0. The molecule has 1 aliphatic heterocycles. The van der Waals surface area contributed by atoms with E-state index in [9.17, 15) is 35.9 Å². The lowest BCUT2D eigenvalue weighted by atomic mass is 9.81. The Morgan fingerprint density at radius 3 is 1.61 bits per heavy atom. The van der Waals surface area contributed by atoms with Crippen LogP contribution < -0.4 is 5.32 Å². The summed E-state index contributed by atoms with van der Waals surface area (Å²) in [6, 6.07) is 1.05. The van der Waals surface area contributed by atoms with Crippen molar-refractivity contribution in [2.75, 3.05) is 13.1 Å². The lowest BCUT2D eigenvalue weighted by Gasteiger charge is -2.50. The second kappa shape index (κ2) is 8.28. The summed E-state index contributed by atoms with van der Waals surface area (Å²) in [5.74, 6) is 0. The van der Waals surface area contributed by atoms with Crippen molar-refractivity contribution in [2.45, 2.75) is 70.6 Å². The molecule has 0 radical (unpaired) electrons. The number of rotatable bonds is 2. The number of likely N-dealkylation sites (tertiary alicyclic amines) is 1. The number of benzene rings is 1. The van der Waals surface area contributed by atoms with Gasteiger partial charge in [-0.05, 0) is 65.3 Å². The van der Waals surface area contributed by atoms with Gasteiger partial charge in [0.1, 0.15) is 16.7 Å². The second-order valence-electron chi connectivity index (χ2n) is 9.84. The smallest absolute Gasteiger partial charge is 0.416 e. The first kappa shape index (κ1) is 26.6. The SMILES string of the molecule is CC(C)(C)OC(=O)NC1(c2cc(C(F)(F)F)cc(C(F)(F)F)c2)CN(C(=O)OC(C)(C)C)C1. The lowest BCUT2D eigenvalue weighted by molar-refractivity contribution is -0.143. The lowest BCUT2D eigenvalue weighted by Crippen LogP contribution is -2.69. The predicted octanol–water partition coefficient (Wildman–Crippen LogP) is 5.69. The Balaban J connectivity index is 2.51. The van der Waals surface area contributed by atoms with Gasteiger partial charge in [0.2, 0.25) is 0 Å². The van der Waals surface area contributed by atoms with Crippen molar-refractivity contribution >= 4 is 12.2 Å². The van der Waals surface area contributed by atoms with E-state index < -0.39 is 71.1 Å². The maximum absolute atomic E-state index is 13.4. The van der Waals surface area contributed by atoms with Gasteiger partial charge >= 0.3 is 24.5 Å². The van der Waals surface area contributed by atoms with Crippen molar-refractivity contribution in [3.05, 3.63) is 34.9 Å². The van der Waals surface area contributed by atoms with E-state index in [-0.39, 0.29) is 6.07 Å². The molecule has 1 saturated heterocycles. The van der Waals surface area contributed by atoms with Crippen LogP contribution in [0.5, 0.6) is 0 Å². The number of nitrogens with zero attached hydrogens (tertiary/aromatic N) is 1. The number of hydrogen-bond acceptors (Lipinski definition) is 4. The van der Waals surface area contributed by atoms with Gasteiger partial charge in [-0.3, -0.25) is 0 Å². The molecule has 1 heterocycles. The minimum absolute atomic E-state index is 0.00498. The van der Waals surface area contributed by atoms with E-state index in [2.05, 4.69) is 5.32 Å². The highest BCUT2D eigenvalue weighted by Crippen LogP contribution is 2.41. The zero-order chi connectivity index (χ0) is 25.6. The molecule has 12 heteroatoms. The van der Waals surface area contributed by atoms with Gasteiger partial charge in [0, 0.05) is 0 Å².